The highest BCUT2D eigenvalue weighted by atomic mass is 32.1. The molecule has 0 unspecified atom stereocenters. The third-order valence-corrected chi connectivity index (χ3v) is 3.07. The summed E-state index contributed by atoms with van der Waals surface area (Å²) in [7, 11) is 0. The maximum atomic E-state index is 11.4. The van der Waals surface area contributed by atoms with Gasteiger partial charge in [-0.15, -0.1) is 0 Å². The van der Waals surface area contributed by atoms with Crippen molar-refractivity contribution in [3.8, 4) is 0 Å². The molecule has 0 fully saturated rings. The van der Waals surface area contributed by atoms with E-state index in [0.29, 0.717) is 17.2 Å². The Morgan fingerprint density at radius 2 is 2.38 bits per heavy atom. The number of carbonyl (C=O) groups excluding carboxylic acids is 1. The average Bonchev–Trinajstić information content (AvgIpc) is 2.59. The summed E-state index contributed by atoms with van der Waals surface area (Å²) in [6.45, 7) is 1.97. The highest BCUT2D eigenvalue weighted by molar-refractivity contribution is 7.22. The van der Waals surface area contributed by atoms with E-state index in [1.54, 1.807) is 6.07 Å². The second-order valence-corrected chi connectivity index (χ2v) is 4.58. The van der Waals surface area contributed by atoms with Crippen molar-refractivity contribution in [1.82, 2.24) is 4.98 Å². The van der Waals surface area contributed by atoms with Gasteiger partial charge < -0.3 is 11.1 Å². The van der Waals surface area contributed by atoms with Gasteiger partial charge in [-0.1, -0.05) is 18.3 Å². The smallest absolute Gasteiger partial charge is 0.226 e. The minimum absolute atomic E-state index is 0.00882. The average molecular weight is 235 g/mol. The molecule has 5 heteroatoms. The summed E-state index contributed by atoms with van der Waals surface area (Å²) >= 11 is 1.44. The zero-order valence-electron chi connectivity index (χ0n) is 8.99. The summed E-state index contributed by atoms with van der Waals surface area (Å²) in [6, 6.07) is 5.53. The topological polar surface area (TPSA) is 68.0 Å². The first kappa shape index (κ1) is 10.9. The second-order valence-electron chi connectivity index (χ2n) is 3.54. The Labute approximate surface area is 97.5 Å². The van der Waals surface area contributed by atoms with Crippen LogP contribution < -0.4 is 11.1 Å². The molecule has 0 radical (unpaired) electrons. The summed E-state index contributed by atoms with van der Waals surface area (Å²) in [5.41, 5.74) is 7.25. The molecule has 0 bridgehead atoms. The molecule has 0 atom stereocenters. The lowest BCUT2D eigenvalue weighted by Gasteiger charge is -1.97. The van der Waals surface area contributed by atoms with Crippen LogP contribution in [0.5, 0.6) is 0 Å². The molecule has 84 valence electrons. The Morgan fingerprint density at radius 3 is 3.12 bits per heavy atom. The van der Waals surface area contributed by atoms with Crippen molar-refractivity contribution in [2.75, 3.05) is 11.1 Å². The van der Waals surface area contributed by atoms with Gasteiger partial charge in [0.1, 0.15) is 0 Å². The molecule has 1 aromatic carbocycles. The zero-order valence-corrected chi connectivity index (χ0v) is 9.80. The van der Waals surface area contributed by atoms with Crippen molar-refractivity contribution in [3.05, 3.63) is 18.2 Å². The summed E-state index contributed by atoms with van der Waals surface area (Å²) in [4.78, 5) is 15.7. The first-order valence-electron chi connectivity index (χ1n) is 5.15. The van der Waals surface area contributed by atoms with Crippen molar-refractivity contribution < 1.29 is 4.79 Å². The van der Waals surface area contributed by atoms with Gasteiger partial charge in [0.2, 0.25) is 5.91 Å². The highest BCUT2D eigenvalue weighted by Gasteiger charge is 2.06. The first-order chi connectivity index (χ1) is 7.69. The monoisotopic (exact) mass is 235 g/mol. The predicted molar refractivity (Wildman–Crippen MR) is 67.6 cm³/mol. The van der Waals surface area contributed by atoms with Gasteiger partial charge in [0, 0.05) is 12.1 Å². The van der Waals surface area contributed by atoms with Crippen molar-refractivity contribution in [2.24, 2.45) is 0 Å². The largest absolute Gasteiger partial charge is 0.399 e. The molecule has 0 saturated heterocycles. The van der Waals surface area contributed by atoms with Gasteiger partial charge in [-0.05, 0) is 24.6 Å². The maximum Gasteiger partial charge on any atom is 0.226 e. The van der Waals surface area contributed by atoms with Crippen LogP contribution in [0.4, 0.5) is 10.8 Å². The van der Waals surface area contributed by atoms with E-state index in [1.165, 1.54) is 11.3 Å². The third-order valence-electron chi connectivity index (χ3n) is 2.14. The van der Waals surface area contributed by atoms with E-state index in [4.69, 9.17) is 5.73 Å². The van der Waals surface area contributed by atoms with Crippen molar-refractivity contribution in [1.29, 1.82) is 0 Å². The second kappa shape index (κ2) is 4.49. The van der Waals surface area contributed by atoms with Crippen molar-refractivity contribution in [2.45, 2.75) is 19.8 Å². The van der Waals surface area contributed by atoms with E-state index < -0.39 is 0 Å². The van der Waals surface area contributed by atoms with E-state index in [2.05, 4.69) is 10.3 Å². The molecule has 2 aromatic rings. The number of anilines is 2. The molecule has 0 aliphatic heterocycles. The van der Waals surface area contributed by atoms with Gasteiger partial charge in [-0.2, -0.15) is 0 Å². The molecule has 3 N–H and O–H groups in total. The normalized spacial score (nSPS) is 10.6. The first-order valence-corrected chi connectivity index (χ1v) is 5.96. The molecule has 1 aromatic heterocycles. The number of amides is 1. The molecule has 0 aliphatic rings. The van der Waals surface area contributed by atoms with Gasteiger partial charge in [0.05, 0.1) is 10.2 Å². The number of fused-ring (bicyclic) bond motifs is 1. The number of nitrogen functional groups attached to an aromatic ring is 1. The fraction of sp³-hybridized carbons (Fsp3) is 0.273. The standard InChI is InChI=1S/C11H13N3OS/c1-2-3-10(15)14-11-13-8-5-4-7(12)6-9(8)16-11/h4-6H,2-3,12H2,1H3,(H,13,14,15). The summed E-state index contributed by atoms with van der Waals surface area (Å²) in [5.74, 6) is 0.00882. The fourth-order valence-electron chi connectivity index (χ4n) is 1.40. The molecule has 0 aliphatic carbocycles. The lowest BCUT2D eigenvalue weighted by atomic mass is 10.3. The summed E-state index contributed by atoms with van der Waals surface area (Å²) in [5, 5.41) is 3.42. The van der Waals surface area contributed by atoms with Gasteiger partial charge in [-0.25, -0.2) is 4.98 Å². The third kappa shape index (κ3) is 2.30. The highest BCUT2D eigenvalue weighted by Crippen LogP contribution is 2.27. The molecule has 1 heterocycles. The Morgan fingerprint density at radius 1 is 1.56 bits per heavy atom. The molecular formula is C11H13N3OS. The van der Waals surface area contributed by atoms with E-state index in [1.807, 2.05) is 19.1 Å². The summed E-state index contributed by atoms with van der Waals surface area (Å²) in [6.07, 6.45) is 1.36. The number of hydrogen-bond acceptors (Lipinski definition) is 4. The number of nitrogens with two attached hydrogens (primary N) is 1. The number of thiazole rings is 1. The summed E-state index contributed by atoms with van der Waals surface area (Å²) < 4.78 is 0.992. The van der Waals surface area contributed by atoms with Crippen LogP contribution in [0.3, 0.4) is 0 Å². The van der Waals surface area contributed by atoms with Gasteiger partial charge in [-0.3, -0.25) is 4.79 Å². The Bertz CT molecular complexity index is 521. The van der Waals surface area contributed by atoms with Crippen LogP contribution in [-0.2, 0) is 4.79 Å². The van der Waals surface area contributed by atoms with Gasteiger partial charge in [0.15, 0.2) is 5.13 Å². The Balaban J connectivity index is 2.23. The van der Waals surface area contributed by atoms with Crippen LogP contribution in [0.2, 0.25) is 0 Å². The number of benzene rings is 1. The van der Waals surface area contributed by atoms with Crippen LogP contribution in [0.1, 0.15) is 19.8 Å². The van der Waals surface area contributed by atoms with E-state index >= 15 is 0 Å². The maximum absolute atomic E-state index is 11.4. The quantitative estimate of drug-likeness (QED) is 0.803. The molecule has 4 nitrogen and oxygen atoms in total. The van der Waals surface area contributed by atoms with E-state index in [9.17, 15) is 4.79 Å². The van der Waals surface area contributed by atoms with Crippen LogP contribution >= 0.6 is 11.3 Å². The van der Waals surface area contributed by atoms with Gasteiger partial charge in [0.25, 0.3) is 0 Å². The molecule has 0 saturated carbocycles. The Kier molecular flexibility index (Phi) is 3.05. The van der Waals surface area contributed by atoms with Gasteiger partial charge >= 0.3 is 0 Å². The van der Waals surface area contributed by atoms with Crippen molar-refractivity contribution in [3.63, 3.8) is 0 Å². The molecule has 0 spiro atoms. The SMILES string of the molecule is CCCC(=O)Nc1nc2ccc(N)cc2s1. The minimum Gasteiger partial charge on any atom is -0.399 e. The number of aromatic nitrogens is 1. The van der Waals surface area contributed by atoms with Crippen molar-refractivity contribution >= 4 is 38.3 Å². The Hall–Kier alpha value is -1.62. The molecule has 16 heavy (non-hydrogen) atoms. The lowest BCUT2D eigenvalue weighted by molar-refractivity contribution is -0.116. The number of rotatable bonds is 3. The number of nitrogens with one attached hydrogen (secondary N) is 1. The van der Waals surface area contributed by atoms with Crippen LogP contribution in [0.15, 0.2) is 18.2 Å². The number of nitrogens with zero attached hydrogens (tertiary/aromatic N) is 1. The van der Waals surface area contributed by atoms with Crippen LogP contribution in [0, 0.1) is 0 Å². The van der Waals surface area contributed by atoms with E-state index in [-0.39, 0.29) is 5.91 Å². The molecule has 2 rings (SSSR count). The van der Waals surface area contributed by atoms with Crippen LogP contribution in [0.25, 0.3) is 10.2 Å². The number of carbonyl (C=O) groups is 1. The predicted octanol–water partition coefficient (Wildman–Crippen LogP) is 2.62. The zero-order chi connectivity index (χ0) is 11.5. The molecule has 1 amide bonds. The minimum atomic E-state index is 0.00882. The van der Waals surface area contributed by atoms with Crippen LogP contribution in [-0.4, -0.2) is 10.9 Å². The fourth-order valence-corrected chi connectivity index (χ4v) is 2.33. The lowest BCUT2D eigenvalue weighted by Crippen LogP contribution is -2.09. The number of hydrogen-bond donors (Lipinski definition) is 2. The molecular weight excluding hydrogens is 222 g/mol. The van der Waals surface area contributed by atoms with E-state index in [0.717, 1.165) is 16.6 Å².